The van der Waals surface area contributed by atoms with Gasteiger partial charge >= 0.3 is 0 Å². The van der Waals surface area contributed by atoms with Gasteiger partial charge in [-0.3, -0.25) is 0 Å². The van der Waals surface area contributed by atoms with Gasteiger partial charge in [-0.2, -0.15) is 0 Å². The SMILES string of the molecule is COCC(CNCC1CCCOC1)OC. The molecule has 90 valence electrons. The van der Waals surface area contributed by atoms with Gasteiger partial charge < -0.3 is 19.5 Å². The van der Waals surface area contributed by atoms with Crippen molar-refractivity contribution >= 4 is 0 Å². The van der Waals surface area contributed by atoms with E-state index in [1.54, 1.807) is 14.2 Å². The molecule has 0 aromatic heterocycles. The lowest BCUT2D eigenvalue weighted by Crippen LogP contribution is -2.36. The van der Waals surface area contributed by atoms with E-state index in [9.17, 15) is 0 Å². The van der Waals surface area contributed by atoms with Crippen LogP contribution in [-0.2, 0) is 14.2 Å². The second kappa shape index (κ2) is 8.05. The second-order valence-electron chi connectivity index (χ2n) is 4.05. The maximum Gasteiger partial charge on any atom is 0.0928 e. The molecule has 1 aliphatic heterocycles. The fraction of sp³-hybridized carbons (Fsp3) is 1.00. The summed E-state index contributed by atoms with van der Waals surface area (Å²) < 4.78 is 15.7. The first-order valence-corrected chi connectivity index (χ1v) is 5.67. The fourth-order valence-electron chi connectivity index (χ4n) is 1.81. The molecule has 0 radical (unpaired) electrons. The Kier molecular flexibility index (Phi) is 6.92. The Balaban J connectivity index is 2.03. The zero-order valence-corrected chi connectivity index (χ0v) is 9.83. The van der Waals surface area contributed by atoms with Crippen LogP contribution in [0.3, 0.4) is 0 Å². The van der Waals surface area contributed by atoms with Gasteiger partial charge in [-0.25, -0.2) is 0 Å². The van der Waals surface area contributed by atoms with Crippen LogP contribution in [0.25, 0.3) is 0 Å². The van der Waals surface area contributed by atoms with E-state index < -0.39 is 0 Å². The van der Waals surface area contributed by atoms with Crippen molar-refractivity contribution in [3.05, 3.63) is 0 Å². The highest BCUT2D eigenvalue weighted by atomic mass is 16.5. The largest absolute Gasteiger partial charge is 0.382 e. The van der Waals surface area contributed by atoms with Crippen molar-refractivity contribution < 1.29 is 14.2 Å². The first-order valence-electron chi connectivity index (χ1n) is 5.67. The van der Waals surface area contributed by atoms with E-state index in [0.717, 1.165) is 26.3 Å². The molecule has 1 aliphatic rings. The third-order valence-corrected chi connectivity index (χ3v) is 2.75. The Morgan fingerprint density at radius 2 is 2.33 bits per heavy atom. The molecule has 0 spiro atoms. The minimum absolute atomic E-state index is 0.152. The minimum atomic E-state index is 0.152. The number of rotatable bonds is 7. The highest BCUT2D eigenvalue weighted by Crippen LogP contribution is 2.11. The van der Waals surface area contributed by atoms with E-state index in [2.05, 4.69) is 5.32 Å². The van der Waals surface area contributed by atoms with Crippen LogP contribution in [-0.4, -0.2) is 53.2 Å². The minimum Gasteiger partial charge on any atom is -0.382 e. The van der Waals surface area contributed by atoms with Gasteiger partial charge in [0.1, 0.15) is 0 Å². The molecule has 1 N–H and O–H groups in total. The number of methoxy groups -OCH3 is 2. The van der Waals surface area contributed by atoms with Crippen molar-refractivity contribution in [3.8, 4) is 0 Å². The predicted molar refractivity (Wildman–Crippen MR) is 59.1 cm³/mol. The maximum absolute atomic E-state index is 5.42. The first-order chi connectivity index (χ1) is 7.36. The highest BCUT2D eigenvalue weighted by Gasteiger charge is 2.14. The molecule has 15 heavy (non-hydrogen) atoms. The summed E-state index contributed by atoms with van der Waals surface area (Å²) in [5, 5.41) is 3.41. The van der Waals surface area contributed by atoms with Crippen LogP contribution in [0.2, 0.25) is 0 Å². The Hall–Kier alpha value is -0.160. The standard InChI is InChI=1S/C11H23NO3/c1-13-9-11(14-2)7-12-6-10-4-3-5-15-8-10/h10-12H,3-9H2,1-2H3. The topological polar surface area (TPSA) is 39.7 Å². The van der Waals surface area contributed by atoms with Crippen LogP contribution in [0.4, 0.5) is 0 Å². The lowest BCUT2D eigenvalue weighted by Gasteiger charge is -2.23. The number of nitrogens with one attached hydrogen (secondary N) is 1. The zero-order valence-electron chi connectivity index (χ0n) is 9.83. The Labute approximate surface area is 92.3 Å². The van der Waals surface area contributed by atoms with Gasteiger partial charge in [0.05, 0.1) is 19.3 Å². The van der Waals surface area contributed by atoms with Crippen molar-refractivity contribution in [2.75, 3.05) is 47.1 Å². The molecule has 2 unspecified atom stereocenters. The molecule has 1 rings (SSSR count). The van der Waals surface area contributed by atoms with Crippen LogP contribution in [0.15, 0.2) is 0 Å². The van der Waals surface area contributed by atoms with E-state index in [1.807, 2.05) is 0 Å². The molecule has 0 bridgehead atoms. The van der Waals surface area contributed by atoms with Crippen molar-refractivity contribution in [1.29, 1.82) is 0 Å². The van der Waals surface area contributed by atoms with E-state index in [4.69, 9.17) is 14.2 Å². The summed E-state index contributed by atoms with van der Waals surface area (Å²) >= 11 is 0. The summed E-state index contributed by atoms with van der Waals surface area (Å²) in [4.78, 5) is 0. The lowest BCUT2D eigenvalue weighted by molar-refractivity contribution is 0.0242. The molecular weight excluding hydrogens is 194 g/mol. The molecule has 0 aliphatic carbocycles. The van der Waals surface area contributed by atoms with Gasteiger partial charge in [-0.15, -0.1) is 0 Å². The molecule has 0 amide bonds. The number of hydrogen-bond acceptors (Lipinski definition) is 4. The Morgan fingerprint density at radius 3 is 2.93 bits per heavy atom. The maximum atomic E-state index is 5.42. The van der Waals surface area contributed by atoms with Gasteiger partial charge in [-0.1, -0.05) is 0 Å². The summed E-state index contributed by atoms with van der Waals surface area (Å²) in [6, 6.07) is 0. The molecule has 1 saturated heterocycles. The monoisotopic (exact) mass is 217 g/mol. The van der Waals surface area contributed by atoms with Gasteiger partial charge in [-0.05, 0) is 18.8 Å². The summed E-state index contributed by atoms with van der Waals surface area (Å²) in [6.45, 7) is 4.34. The molecule has 4 heteroatoms. The van der Waals surface area contributed by atoms with Crippen LogP contribution in [0, 0.1) is 5.92 Å². The van der Waals surface area contributed by atoms with Crippen LogP contribution < -0.4 is 5.32 Å². The quantitative estimate of drug-likeness (QED) is 0.680. The zero-order chi connectivity index (χ0) is 10.9. The summed E-state index contributed by atoms with van der Waals surface area (Å²) in [5.74, 6) is 0.666. The molecule has 0 aromatic carbocycles. The van der Waals surface area contributed by atoms with E-state index in [1.165, 1.54) is 12.8 Å². The van der Waals surface area contributed by atoms with Gasteiger partial charge in [0.25, 0.3) is 0 Å². The van der Waals surface area contributed by atoms with Crippen molar-refractivity contribution in [3.63, 3.8) is 0 Å². The smallest absolute Gasteiger partial charge is 0.0928 e. The van der Waals surface area contributed by atoms with Gasteiger partial charge in [0.2, 0.25) is 0 Å². The third-order valence-electron chi connectivity index (χ3n) is 2.75. The molecule has 2 atom stereocenters. The average Bonchev–Trinajstić information content (AvgIpc) is 2.29. The number of hydrogen-bond donors (Lipinski definition) is 1. The van der Waals surface area contributed by atoms with Gasteiger partial charge in [0, 0.05) is 33.9 Å². The van der Waals surface area contributed by atoms with Crippen LogP contribution in [0.5, 0.6) is 0 Å². The molecule has 1 fully saturated rings. The molecule has 1 heterocycles. The second-order valence-corrected chi connectivity index (χ2v) is 4.05. The van der Waals surface area contributed by atoms with Crippen LogP contribution >= 0.6 is 0 Å². The first kappa shape index (κ1) is 12.9. The van der Waals surface area contributed by atoms with Crippen molar-refractivity contribution in [1.82, 2.24) is 5.32 Å². The molecule has 0 saturated carbocycles. The number of ether oxygens (including phenoxy) is 3. The summed E-state index contributed by atoms with van der Waals surface area (Å²) in [5.41, 5.74) is 0. The van der Waals surface area contributed by atoms with Crippen molar-refractivity contribution in [2.45, 2.75) is 18.9 Å². The molecular formula is C11H23NO3. The van der Waals surface area contributed by atoms with Crippen LogP contribution in [0.1, 0.15) is 12.8 Å². The highest BCUT2D eigenvalue weighted by molar-refractivity contribution is 4.68. The third kappa shape index (κ3) is 5.47. The van der Waals surface area contributed by atoms with E-state index in [0.29, 0.717) is 12.5 Å². The van der Waals surface area contributed by atoms with Crippen molar-refractivity contribution in [2.24, 2.45) is 5.92 Å². The summed E-state index contributed by atoms with van der Waals surface area (Å²) in [7, 11) is 3.41. The van der Waals surface area contributed by atoms with E-state index >= 15 is 0 Å². The molecule has 4 nitrogen and oxygen atoms in total. The van der Waals surface area contributed by atoms with Gasteiger partial charge in [0.15, 0.2) is 0 Å². The normalized spacial score (nSPS) is 24.0. The fourth-order valence-corrected chi connectivity index (χ4v) is 1.81. The Morgan fingerprint density at radius 1 is 1.47 bits per heavy atom. The average molecular weight is 217 g/mol. The molecule has 0 aromatic rings. The predicted octanol–water partition coefficient (Wildman–Crippen LogP) is 0.664. The van der Waals surface area contributed by atoms with E-state index in [-0.39, 0.29) is 6.10 Å². The summed E-state index contributed by atoms with van der Waals surface area (Å²) in [6.07, 6.45) is 2.62. The Bertz CT molecular complexity index is 144. The lowest BCUT2D eigenvalue weighted by atomic mass is 10.0.